The summed E-state index contributed by atoms with van der Waals surface area (Å²) in [7, 11) is 0. The van der Waals surface area contributed by atoms with Gasteiger partial charge in [0.15, 0.2) is 0 Å². The Bertz CT molecular complexity index is 589. The van der Waals surface area contributed by atoms with Gasteiger partial charge >= 0.3 is 0 Å². The fourth-order valence-corrected chi connectivity index (χ4v) is 1.74. The molecular weight excluding hydrogens is 226 g/mol. The van der Waals surface area contributed by atoms with Crippen LogP contribution in [-0.4, -0.2) is 11.0 Å². The highest BCUT2D eigenvalue weighted by molar-refractivity contribution is 5.92. The molecule has 0 radical (unpaired) electrons. The van der Waals surface area contributed by atoms with Crippen LogP contribution in [0.4, 0.5) is 0 Å². The molecule has 1 amide bonds. The van der Waals surface area contributed by atoms with Crippen molar-refractivity contribution in [3.63, 3.8) is 0 Å². The van der Waals surface area contributed by atoms with Gasteiger partial charge in [-0.2, -0.15) is 0 Å². The van der Waals surface area contributed by atoms with E-state index in [1.807, 2.05) is 36.4 Å². The SMILES string of the molecule is NC(=O)/C=C/c1cc(O)ccc1-c1ccccc1. The molecule has 0 aromatic heterocycles. The standard InChI is InChI=1S/C15H13NO2/c16-15(18)9-6-12-10-13(17)7-8-14(12)11-4-2-1-3-5-11/h1-10,17H,(H2,16,18)/b9-6+. The van der Waals surface area contributed by atoms with Crippen LogP contribution in [-0.2, 0) is 4.79 Å². The summed E-state index contributed by atoms with van der Waals surface area (Å²) < 4.78 is 0. The maximum atomic E-state index is 10.8. The minimum absolute atomic E-state index is 0.152. The number of nitrogens with two attached hydrogens (primary N) is 1. The minimum atomic E-state index is -0.516. The maximum Gasteiger partial charge on any atom is 0.241 e. The van der Waals surface area contributed by atoms with E-state index in [0.717, 1.165) is 16.7 Å². The van der Waals surface area contributed by atoms with Gasteiger partial charge in [-0.05, 0) is 34.9 Å². The van der Waals surface area contributed by atoms with E-state index in [4.69, 9.17) is 5.73 Å². The lowest BCUT2D eigenvalue weighted by molar-refractivity contribution is -0.113. The second kappa shape index (κ2) is 5.19. The van der Waals surface area contributed by atoms with Gasteiger partial charge in [-0.25, -0.2) is 0 Å². The number of hydrogen-bond donors (Lipinski definition) is 2. The van der Waals surface area contributed by atoms with E-state index in [1.54, 1.807) is 18.2 Å². The molecule has 0 bridgehead atoms. The highest BCUT2D eigenvalue weighted by atomic mass is 16.3. The van der Waals surface area contributed by atoms with Crippen molar-refractivity contribution in [2.45, 2.75) is 0 Å². The molecule has 3 nitrogen and oxygen atoms in total. The van der Waals surface area contributed by atoms with Crippen molar-refractivity contribution in [2.75, 3.05) is 0 Å². The molecule has 2 rings (SSSR count). The molecule has 18 heavy (non-hydrogen) atoms. The van der Waals surface area contributed by atoms with E-state index < -0.39 is 5.91 Å². The first-order chi connectivity index (χ1) is 8.66. The van der Waals surface area contributed by atoms with Gasteiger partial charge in [0.2, 0.25) is 5.91 Å². The number of amides is 1. The smallest absolute Gasteiger partial charge is 0.241 e. The summed E-state index contributed by atoms with van der Waals surface area (Å²) in [6.07, 6.45) is 2.88. The molecule has 0 unspecified atom stereocenters. The topological polar surface area (TPSA) is 63.3 Å². The fourth-order valence-electron chi connectivity index (χ4n) is 1.74. The lowest BCUT2D eigenvalue weighted by Gasteiger charge is -2.06. The number of carbonyl (C=O) groups excluding carboxylic acids is 1. The first-order valence-electron chi connectivity index (χ1n) is 5.53. The summed E-state index contributed by atoms with van der Waals surface area (Å²) in [5.41, 5.74) is 7.78. The summed E-state index contributed by atoms with van der Waals surface area (Å²) in [5, 5.41) is 9.50. The number of primary amides is 1. The van der Waals surface area contributed by atoms with Crippen molar-refractivity contribution in [2.24, 2.45) is 5.73 Å². The van der Waals surface area contributed by atoms with Crippen LogP contribution in [0.25, 0.3) is 17.2 Å². The number of aromatic hydroxyl groups is 1. The van der Waals surface area contributed by atoms with E-state index in [1.165, 1.54) is 6.08 Å². The second-order valence-electron chi connectivity index (χ2n) is 3.87. The summed E-state index contributed by atoms with van der Waals surface area (Å²) in [6, 6.07) is 14.8. The summed E-state index contributed by atoms with van der Waals surface area (Å²) in [6.45, 7) is 0. The molecule has 2 aromatic rings. The summed E-state index contributed by atoms with van der Waals surface area (Å²) in [4.78, 5) is 10.8. The Morgan fingerprint density at radius 3 is 2.50 bits per heavy atom. The van der Waals surface area contributed by atoms with Crippen LogP contribution in [0.3, 0.4) is 0 Å². The Morgan fingerprint density at radius 1 is 1.11 bits per heavy atom. The zero-order valence-corrected chi connectivity index (χ0v) is 9.71. The molecule has 90 valence electrons. The van der Waals surface area contributed by atoms with Crippen LogP contribution in [0.1, 0.15) is 5.56 Å². The molecule has 0 fully saturated rings. The number of rotatable bonds is 3. The average molecular weight is 239 g/mol. The highest BCUT2D eigenvalue weighted by Crippen LogP contribution is 2.27. The maximum absolute atomic E-state index is 10.8. The quantitative estimate of drug-likeness (QED) is 0.808. The van der Waals surface area contributed by atoms with Crippen molar-refractivity contribution in [1.29, 1.82) is 0 Å². The van der Waals surface area contributed by atoms with Gasteiger partial charge in [0.05, 0.1) is 0 Å². The predicted molar refractivity (Wildman–Crippen MR) is 71.8 cm³/mol. The minimum Gasteiger partial charge on any atom is -0.508 e. The van der Waals surface area contributed by atoms with E-state index in [-0.39, 0.29) is 5.75 Å². The molecule has 3 heteroatoms. The summed E-state index contributed by atoms with van der Waals surface area (Å²) >= 11 is 0. The summed E-state index contributed by atoms with van der Waals surface area (Å²) in [5.74, 6) is -0.365. The second-order valence-corrected chi connectivity index (χ2v) is 3.87. The number of carbonyl (C=O) groups is 1. The Kier molecular flexibility index (Phi) is 3.44. The van der Waals surface area contributed by atoms with Gasteiger partial charge in [0.1, 0.15) is 5.75 Å². The Hall–Kier alpha value is -2.55. The number of phenolic OH excluding ortho intramolecular Hbond substituents is 1. The van der Waals surface area contributed by atoms with Crippen molar-refractivity contribution >= 4 is 12.0 Å². The van der Waals surface area contributed by atoms with E-state index in [9.17, 15) is 9.90 Å². The molecule has 2 aromatic carbocycles. The van der Waals surface area contributed by atoms with E-state index in [2.05, 4.69) is 0 Å². The van der Waals surface area contributed by atoms with Crippen LogP contribution in [0, 0.1) is 0 Å². The lowest BCUT2D eigenvalue weighted by Crippen LogP contribution is -2.05. The predicted octanol–water partition coefficient (Wildman–Crippen LogP) is 2.56. The largest absolute Gasteiger partial charge is 0.508 e. The molecule has 0 aliphatic rings. The molecule has 3 N–H and O–H groups in total. The molecule has 0 heterocycles. The molecular formula is C15H13NO2. The van der Waals surface area contributed by atoms with Gasteiger partial charge < -0.3 is 10.8 Å². The Labute approximate surface area is 105 Å². The fraction of sp³-hybridized carbons (Fsp3) is 0. The van der Waals surface area contributed by atoms with Crippen LogP contribution < -0.4 is 5.73 Å². The molecule has 0 saturated carbocycles. The molecule has 0 saturated heterocycles. The van der Waals surface area contributed by atoms with Gasteiger partial charge in [-0.15, -0.1) is 0 Å². The zero-order valence-electron chi connectivity index (χ0n) is 9.71. The van der Waals surface area contributed by atoms with Crippen molar-refractivity contribution in [3.05, 3.63) is 60.2 Å². The molecule has 0 aliphatic heterocycles. The van der Waals surface area contributed by atoms with Gasteiger partial charge in [0.25, 0.3) is 0 Å². The third kappa shape index (κ3) is 2.77. The monoisotopic (exact) mass is 239 g/mol. The molecule has 0 spiro atoms. The van der Waals surface area contributed by atoms with Crippen LogP contribution in [0.5, 0.6) is 5.75 Å². The average Bonchev–Trinajstić information content (AvgIpc) is 2.37. The number of hydrogen-bond acceptors (Lipinski definition) is 2. The Morgan fingerprint density at radius 2 is 1.83 bits per heavy atom. The molecule has 0 aliphatic carbocycles. The van der Waals surface area contributed by atoms with Crippen LogP contribution >= 0.6 is 0 Å². The highest BCUT2D eigenvalue weighted by Gasteiger charge is 2.03. The normalized spacial score (nSPS) is 10.7. The van der Waals surface area contributed by atoms with E-state index >= 15 is 0 Å². The van der Waals surface area contributed by atoms with Gasteiger partial charge in [-0.3, -0.25) is 4.79 Å². The van der Waals surface area contributed by atoms with Crippen molar-refractivity contribution in [1.82, 2.24) is 0 Å². The number of phenols is 1. The van der Waals surface area contributed by atoms with Gasteiger partial charge in [0, 0.05) is 6.08 Å². The van der Waals surface area contributed by atoms with Crippen molar-refractivity contribution < 1.29 is 9.90 Å². The zero-order chi connectivity index (χ0) is 13.0. The van der Waals surface area contributed by atoms with Crippen LogP contribution in [0.15, 0.2) is 54.6 Å². The Balaban J connectivity index is 2.50. The number of benzene rings is 2. The van der Waals surface area contributed by atoms with Crippen LogP contribution in [0.2, 0.25) is 0 Å². The lowest BCUT2D eigenvalue weighted by atomic mass is 9.99. The molecule has 0 atom stereocenters. The van der Waals surface area contributed by atoms with E-state index in [0.29, 0.717) is 0 Å². The van der Waals surface area contributed by atoms with Crippen molar-refractivity contribution in [3.8, 4) is 16.9 Å². The third-order valence-corrected chi connectivity index (χ3v) is 2.55. The first kappa shape index (κ1) is 11.9. The third-order valence-electron chi connectivity index (χ3n) is 2.55. The first-order valence-corrected chi connectivity index (χ1v) is 5.53. The van der Waals surface area contributed by atoms with Gasteiger partial charge in [-0.1, -0.05) is 36.4 Å².